The summed E-state index contributed by atoms with van der Waals surface area (Å²) in [5, 5.41) is 0.489. The van der Waals surface area contributed by atoms with Crippen molar-refractivity contribution in [3.05, 3.63) is 45.8 Å². The number of benzene rings is 1. The molecule has 0 saturated heterocycles. The number of halogens is 1. The first kappa shape index (κ1) is 15.3. The van der Waals surface area contributed by atoms with Crippen molar-refractivity contribution in [2.75, 3.05) is 11.3 Å². The summed E-state index contributed by atoms with van der Waals surface area (Å²) < 4.78 is 27.5. The normalized spacial score (nSPS) is 11.6. The van der Waals surface area contributed by atoms with Gasteiger partial charge in [-0.2, -0.15) is 0 Å². The molecule has 1 aromatic heterocycles. The Morgan fingerprint density at radius 2 is 2.05 bits per heavy atom. The molecule has 0 atom stereocenters. The Bertz CT molecular complexity index is 711. The summed E-state index contributed by atoms with van der Waals surface area (Å²) in [4.78, 5) is 0.954. The van der Waals surface area contributed by atoms with E-state index in [0.29, 0.717) is 23.7 Å². The van der Waals surface area contributed by atoms with Crippen molar-refractivity contribution in [2.45, 2.75) is 17.6 Å². The third kappa shape index (κ3) is 3.52. The quantitative estimate of drug-likeness (QED) is 0.885. The molecule has 0 aliphatic heterocycles. The zero-order valence-electron chi connectivity index (χ0n) is 10.9. The molecule has 108 valence electrons. The third-order valence-electron chi connectivity index (χ3n) is 2.74. The Kier molecular flexibility index (Phi) is 4.70. The number of hydrogen-bond acceptors (Lipinski definition) is 4. The molecule has 0 aliphatic rings. The van der Waals surface area contributed by atoms with Crippen molar-refractivity contribution in [2.24, 2.45) is 5.73 Å². The van der Waals surface area contributed by atoms with Crippen LogP contribution in [0.3, 0.4) is 0 Å². The van der Waals surface area contributed by atoms with Crippen molar-refractivity contribution in [1.29, 1.82) is 0 Å². The molecule has 0 amide bonds. The molecule has 2 aromatic rings. The first-order valence-corrected chi connectivity index (χ1v) is 8.68. The number of hydrogen-bond donors (Lipinski definition) is 2. The van der Waals surface area contributed by atoms with Gasteiger partial charge in [0, 0.05) is 9.90 Å². The van der Waals surface area contributed by atoms with Crippen LogP contribution in [-0.4, -0.2) is 15.0 Å². The molecule has 7 heteroatoms. The Morgan fingerprint density at radius 1 is 1.30 bits per heavy atom. The molecule has 3 N–H and O–H groups in total. The van der Waals surface area contributed by atoms with Crippen LogP contribution in [-0.2, 0) is 16.4 Å². The van der Waals surface area contributed by atoms with Crippen LogP contribution in [0.1, 0.15) is 10.4 Å². The van der Waals surface area contributed by atoms with E-state index in [0.717, 1.165) is 10.4 Å². The van der Waals surface area contributed by atoms with Crippen LogP contribution < -0.4 is 10.5 Å². The summed E-state index contributed by atoms with van der Waals surface area (Å²) in [6.07, 6.45) is 0.677. The summed E-state index contributed by atoms with van der Waals surface area (Å²) in [6, 6.07) is 8.48. The van der Waals surface area contributed by atoms with Crippen LogP contribution in [0.15, 0.2) is 34.5 Å². The van der Waals surface area contributed by atoms with Crippen LogP contribution in [0.25, 0.3) is 0 Å². The van der Waals surface area contributed by atoms with Gasteiger partial charge in [0.25, 0.3) is 10.0 Å². The van der Waals surface area contributed by atoms with Crippen molar-refractivity contribution < 1.29 is 8.42 Å². The lowest BCUT2D eigenvalue weighted by atomic mass is 10.2. The SMILES string of the molecule is Cc1ccc(Cl)cc1NS(=O)(=O)c1ccc(CCN)s1. The molecular formula is C13H15ClN2O2S2. The van der Waals surface area contributed by atoms with E-state index < -0.39 is 10.0 Å². The Balaban J connectivity index is 2.28. The van der Waals surface area contributed by atoms with E-state index in [1.165, 1.54) is 11.3 Å². The highest BCUT2D eigenvalue weighted by molar-refractivity contribution is 7.94. The fourth-order valence-corrected chi connectivity index (χ4v) is 4.34. The van der Waals surface area contributed by atoms with Gasteiger partial charge in [0.2, 0.25) is 0 Å². The highest BCUT2D eigenvalue weighted by Gasteiger charge is 2.17. The van der Waals surface area contributed by atoms with Gasteiger partial charge in [0.15, 0.2) is 0 Å². The maximum absolute atomic E-state index is 12.3. The Hall–Kier alpha value is -1.08. The molecule has 20 heavy (non-hydrogen) atoms. The smallest absolute Gasteiger partial charge is 0.271 e. The highest BCUT2D eigenvalue weighted by Crippen LogP contribution is 2.27. The number of sulfonamides is 1. The zero-order chi connectivity index (χ0) is 14.8. The van der Waals surface area contributed by atoms with Crippen LogP contribution >= 0.6 is 22.9 Å². The minimum absolute atomic E-state index is 0.278. The lowest BCUT2D eigenvalue weighted by Crippen LogP contribution is -2.12. The second-order valence-electron chi connectivity index (χ2n) is 4.32. The van der Waals surface area contributed by atoms with Gasteiger partial charge in [-0.25, -0.2) is 8.42 Å². The summed E-state index contributed by atoms with van der Waals surface area (Å²) in [5.74, 6) is 0. The Labute approximate surface area is 127 Å². The number of aryl methyl sites for hydroxylation is 1. The molecule has 0 bridgehead atoms. The molecule has 0 unspecified atom stereocenters. The van der Waals surface area contributed by atoms with E-state index >= 15 is 0 Å². The predicted molar refractivity (Wildman–Crippen MR) is 84.1 cm³/mol. The fourth-order valence-electron chi connectivity index (χ4n) is 1.68. The van der Waals surface area contributed by atoms with E-state index in [9.17, 15) is 8.42 Å². The minimum atomic E-state index is -3.58. The van der Waals surface area contributed by atoms with Crippen molar-refractivity contribution in [3.8, 4) is 0 Å². The third-order valence-corrected chi connectivity index (χ3v) is 5.97. The van der Waals surface area contributed by atoms with E-state index in [2.05, 4.69) is 4.72 Å². The number of nitrogens with two attached hydrogens (primary N) is 1. The average Bonchev–Trinajstić information content (AvgIpc) is 2.83. The Morgan fingerprint density at radius 3 is 2.75 bits per heavy atom. The summed E-state index contributed by atoms with van der Waals surface area (Å²) in [5.41, 5.74) is 6.77. The molecular weight excluding hydrogens is 316 g/mol. The minimum Gasteiger partial charge on any atom is -0.330 e. The standard InChI is InChI=1S/C13H15ClN2O2S2/c1-9-2-3-10(14)8-12(9)16-20(17,18)13-5-4-11(19-13)6-7-15/h2-5,8,16H,6-7,15H2,1H3. The molecule has 0 saturated carbocycles. The molecule has 0 spiro atoms. The van der Waals surface area contributed by atoms with E-state index in [1.807, 2.05) is 6.92 Å². The lowest BCUT2D eigenvalue weighted by molar-refractivity contribution is 0.603. The van der Waals surface area contributed by atoms with Gasteiger partial charge in [0.05, 0.1) is 5.69 Å². The monoisotopic (exact) mass is 330 g/mol. The van der Waals surface area contributed by atoms with Crippen LogP contribution in [0.5, 0.6) is 0 Å². The fraction of sp³-hybridized carbons (Fsp3) is 0.231. The zero-order valence-corrected chi connectivity index (χ0v) is 13.3. The molecule has 0 aliphatic carbocycles. The second-order valence-corrected chi connectivity index (χ2v) is 7.84. The molecule has 4 nitrogen and oxygen atoms in total. The van der Waals surface area contributed by atoms with Gasteiger partial charge < -0.3 is 5.73 Å². The van der Waals surface area contributed by atoms with Gasteiger partial charge in [-0.1, -0.05) is 17.7 Å². The van der Waals surface area contributed by atoms with Crippen molar-refractivity contribution in [1.82, 2.24) is 0 Å². The van der Waals surface area contributed by atoms with E-state index in [4.69, 9.17) is 17.3 Å². The van der Waals surface area contributed by atoms with Crippen molar-refractivity contribution >= 4 is 38.6 Å². The van der Waals surface area contributed by atoms with Gasteiger partial charge in [-0.3, -0.25) is 4.72 Å². The van der Waals surface area contributed by atoms with E-state index in [1.54, 1.807) is 30.3 Å². The maximum Gasteiger partial charge on any atom is 0.271 e. The van der Waals surface area contributed by atoms with Gasteiger partial charge in [-0.05, 0) is 49.7 Å². The maximum atomic E-state index is 12.3. The molecule has 1 heterocycles. The lowest BCUT2D eigenvalue weighted by Gasteiger charge is -2.09. The predicted octanol–water partition coefficient (Wildman–Crippen LogP) is 3.01. The van der Waals surface area contributed by atoms with Gasteiger partial charge in [0.1, 0.15) is 4.21 Å². The molecule has 0 fully saturated rings. The van der Waals surface area contributed by atoms with Crippen molar-refractivity contribution in [3.63, 3.8) is 0 Å². The van der Waals surface area contributed by atoms with Gasteiger partial charge >= 0.3 is 0 Å². The second kappa shape index (κ2) is 6.13. The highest BCUT2D eigenvalue weighted by atomic mass is 35.5. The first-order chi connectivity index (χ1) is 9.42. The molecule has 1 aromatic carbocycles. The van der Waals surface area contributed by atoms with Crippen LogP contribution in [0, 0.1) is 6.92 Å². The first-order valence-electron chi connectivity index (χ1n) is 6.00. The summed E-state index contributed by atoms with van der Waals surface area (Å²) >= 11 is 7.12. The topological polar surface area (TPSA) is 72.2 Å². The average molecular weight is 331 g/mol. The van der Waals surface area contributed by atoms with Crippen LogP contribution in [0.2, 0.25) is 5.02 Å². The number of nitrogens with one attached hydrogen (secondary N) is 1. The largest absolute Gasteiger partial charge is 0.330 e. The summed E-state index contributed by atoms with van der Waals surface area (Å²) in [6.45, 7) is 2.32. The number of anilines is 1. The summed E-state index contributed by atoms with van der Waals surface area (Å²) in [7, 11) is -3.58. The number of rotatable bonds is 5. The molecule has 2 rings (SSSR count). The number of thiophene rings is 1. The van der Waals surface area contributed by atoms with E-state index in [-0.39, 0.29) is 4.21 Å². The van der Waals surface area contributed by atoms with Crippen LogP contribution in [0.4, 0.5) is 5.69 Å². The molecule has 0 radical (unpaired) electrons. The van der Waals surface area contributed by atoms with Gasteiger partial charge in [-0.15, -0.1) is 11.3 Å².